The molecule has 8 heteroatoms. The number of hydrogen-bond acceptors (Lipinski definition) is 5. The van der Waals surface area contributed by atoms with Gasteiger partial charge in [-0.25, -0.2) is 0 Å². The molecule has 3 rings (SSSR count). The lowest BCUT2D eigenvalue weighted by Crippen LogP contribution is -2.48. The van der Waals surface area contributed by atoms with E-state index in [0.717, 1.165) is 15.8 Å². The first-order chi connectivity index (χ1) is 14.4. The van der Waals surface area contributed by atoms with Gasteiger partial charge >= 0.3 is 0 Å². The number of rotatable bonds is 7. The fourth-order valence-corrected chi connectivity index (χ4v) is 4.00. The van der Waals surface area contributed by atoms with Crippen molar-refractivity contribution >= 4 is 39.2 Å². The predicted molar refractivity (Wildman–Crippen MR) is 118 cm³/mol. The molecule has 2 aromatic rings. The molecule has 1 aliphatic heterocycles. The van der Waals surface area contributed by atoms with E-state index in [1.807, 2.05) is 18.2 Å². The maximum Gasteiger partial charge on any atom is 0.227 e. The summed E-state index contributed by atoms with van der Waals surface area (Å²) in [6.07, 6.45) is 0.0164. The largest absolute Gasteiger partial charge is 0.496 e. The van der Waals surface area contributed by atoms with E-state index in [1.165, 1.54) is 6.92 Å². The zero-order chi connectivity index (χ0) is 21.7. The first-order valence-corrected chi connectivity index (χ1v) is 10.7. The lowest BCUT2D eigenvalue weighted by Gasteiger charge is -2.33. The van der Waals surface area contributed by atoms with E-state index in [2.05, 4.69) is 15.9 Å². The fourth-order valence-electron chi connectivity index (χ4n) is 3.24. The van der Waals surface area contributed by atoms with Crippen molar-refractivity contribution in [2.45, 2.75) is 19.4 Å². The summed E-state index contributed by atoms with van der Waals surface area (Å²) in [6.45, 7) is 3.10. The monoisotopic (exact) mass is 495 g/mol. The molecule has 1 atom stereocenters. The molecule has 1 heterocycles. The number of halogens is 2. The van der Waals surface area contributed by atoms with Gasteiger partial charge in [0.15, 0.2) is 5.78 Å². The van der Waals surface area contributed by atoms with Gasteiger partial charge < -0.3 is 19.1 Å². The molecule has 6 nitrogen and oxygen atoms in total. The number of methoxy groups -OCH3 is 1. The molecule has 0 saturated carbocycles. The molecule has 1 unspecified atom stereocenters. The van der Waals surface area contributed by atoms with Gasteiger partial charge in [0.1, 0.15) is 24.2 Å². The lowest BCUT2D eigenvalue weighted by atomic mass is 10.1. The van der Waals surface area contributed by atoms with Crippen molar-refractivity contribution in [2.75, 3.05) is 33.4 Å². The Morgan fingerprint density at radius 1 is 1.23 bits per heavy atom. The maximum absolute atomic E-state index is 12.8. The summed E-state index contributed by atoms with van der Waals surface area (Å²) >= 11 is 9.42. The van der Waals surface area contributed by atoms with Gasteiger partial charge in [0.25, 0.3) is 0 Å². The number of ether oxygens (including phenoxy) is 3. The predicted octanol–water partition coefficient (Wildman–Crippen LogP) is 4.16. The van der Waals surface area contributed by atoms with Gasteiger partial charge in [0, 0.05) is 11.6 Å². The minimum atomic E-state index is -0.277. The van der Waals surface area contributed by atoms with E-state index in [9.17, 15) is 9.59 Å². The number of hydrogen-bond donors (Lipinski definition) is 0. The van der Waals surface area contributed by atoms with Gasteiger partial charge in [0.05, 0.1) is 36.7 Å². The molecule has 1 aliphatic rings. The van der Waals surface area contributed by atoms with E-state index in [1.54, 1.807) is 30.2 Å². The van der Waals surface area contributed by atoms with Crippen LogP contribution in [0.15, 0.2) is 40.9 Å². The van der Waals surface area contributed by atoms with Crippen LogP contribution in [0.25, 0.3) is 0 Å². The zero-order valence-electron chi connectivity index (χ0n) is 16.8. The number of carbonyl (C=O) groups is 2. The van der Waals surface area contributed by atoms with Crippen LogP contribution in [0.5, 0.6) is 11.5 Å². The summed E-state index contributed by atoms with van der Waals surface area (Å²) in [5.41, 5.74) is 1.33. The van der Waals surface area contributed by atoms with E-state index in [4.69, 9.17) is 25.8 Å². The Bertz CT molecular complexity index is 936. The summed E-state index contributed by atoms with van der Waals surface area (Å²) in [5, 5.41) is 0.475. The van der Waals surface area contributed by atoms with Crippen LogP contribution in [-0.4, -0.2) is 56.1 Å². The smallest absolute Gasteiger partial charge is 0.227 e. The molecule has 2 aromatic carbocycles. The van der Waals surface area contributed by atoms with Gasteiger partial charge in [-0.05, 0) is 58.7 Å². The molecule has 30 heavy (non-hydrogen) atoms. The standard InChI is InChI=1S/C22H23BrClNO5/c1-14(26)18-11-16(24)4-6-20(18)30-13-17-12-25(7-8-29-17)22(27)10-15-3-5-21(28-2)19(23)9-15/h3-6,9,11,17H,7-8,10,12-13H2,1-2H3. The van der Waals surface area contributed by atoms with Crippen molar-refractivity contribution in [3.63, 3.8) is 0 Å². The Morgan fingerprint density at radius 3 is 2.70 bits per heavy atom. The minimum Gasteiger partial charge on any atom is -0.496 e. The van der Waals surface area contributed by atoms with Crippen LogP contribution in [0.4, 0.5) is 0 Å². The van der Waals surface area contributed by atoms with Crippen molar-refractivity contribution in [3.05, 3.63) is 57.0 Å². The summed E-state index contributed by atoms with van der Waals surface area (Å²) in [5.74, 6) is 1.08. The Morgan fingerprint density at radius 2 is 2.00 bits per heavy atom. The van der Waals surface area contributed by atoms with Crippen molar-refractivity contribution in [2.24, 2.45) is 0 Å². The number of Topliss-reactive ketones (excluding diaryl/α,β-unsaturated/α-hetero) is 1. The average Bonchev–Trinajstić information content (AvgIpc) is 2.73. The Labute approximate surface area is 189 Å². The van der Waals surface area contributed by atoms with Crippen molar-refractivity contribution < 1.29 is 23.8 Å². The van der Waals surface area contributed by atoms with E-state index in [-0.39, 0.29) is 24.4 Å². The summed E-state index contributed by atoms with van der Waals surface area (Å²) < 4.78 is 17.6. The number of ketones is 1. The molecule has 1 fully saturated rings. The molecule has 0 aliphatic carbocycles. The average molecular weight is 497 g/mol. The minimum absolute atomic E-state index is 0.0243. The molecule has 0 aromatic heterocycles. The highest BCUT2D eigenvalue weighted by Crippen LogP contribution is 2.26. The Hall–Kier alpha value is -2.09. The molecular formula is C22H23BrClNO5. The van der Waals surface area contributed by atoms with E-state index in [0.29, 0.717) is 42.5 Å². The third kappa shape index (κ3) is 5.74. The van der Waals surface area contributed by atoms with Crippen molar-refractivity contribution in [3.8, 4) is 11.5 Å². The van der Waals surface area contributed by atoms with Gasteiger partial charge in [0.2, 0.25) is 5.91 Å². The second-order valence-electron chi connectivity index (χ2n) is 6.99. The van der Waals surface area contributed by atoms with Crippen LogP contribution in [0, 0.1) is 0 Å². The van der Waals surface area contributed by atoms with Gasteiger partial charge in [-0.1, -0.05) is 17.7 Å². The quantitative estimate of drug-likeness (QED) is 0.539. The van der Waals surface area contributed by atoms with Crippen LogP contribution in [-0.2, 0) is 16.0 Å². The summed E-state index contributed by atoms with van der Waals surface area (Å²) in [6, 6.07) is 10.5. The van der Waals surface area contributed by atoms with Gasteiger partial charge in [-0.3, -0.25) is 9.59 Å². The highest BCUT2D eigenvalue weighted by atomic mass is 79.9. The Kier molecular flexibility index (Phi) is 7.75. The zero-order valence-corrected chi connectivity index (χ0v) is 19.2. The highest BCUT2D eigenvalue weighted by molar-refractivity contribution is 9.10. The number of carbonyl (C=O) groups excluding carboxylic acids is 2. The molecule has 0 radical (unpaired) electrons. The summed E-state index contributed by atoms with van der Waals surface area (Å²) in [4.78, 5) is 26.4. The topological polar surface area (TPSA) is 65.1 Å². The molecular weight excluding hydrogens is 474 g/mol. The lowest BCUT2D eigenvalue weighted by molar-refractivity contribution is -0.139. The van der Waals surface area contributed by atoms with Gasteiger partial charge in [-0.15, -0.1) is 0 Å². The highest BCUT2D eigenvalue weighted by Gasteiger charge is 2.25. The molecule has 1 amide bonds. The molecule has 0 spiro atoms. The SMILES string of the molecule is COc1ccc(CC(=O)N2CCOC(COc3ccc(Cl)cc3C(C)=O)C2)cc1Br. The first-order valence-electron chi connectivity index (χ1n) is 9.52. The number of nitrogens with zero attached hydrogens (tertiary/aromatic N) is 1. The van der Waals surface area contributed by atoms with E-state index < -0.39 is 0 Å². The molecule has 160 valence electrons. The second kappa shape index (κ2) is 10.3. The third-order valence-electron chi connectivity index (χ3n) is 4.81. The van der Waals surface area contributed by atoms with Crippen molar-refractivity contribution in [1.82, 2.24) is 4.90 Å². The fraction of sp³-hybridized carbons (Fsp3) is 0.364. The van der Waals surface area contributed by atoms with Crippen LogP contribution < -0.4 is 9.47 Å². The van der Waals surface area contributed by atoms with Crippen LogP contribution >= 0.6 is 27.5 Å². The van der Waals surface area contributed by atoms with Gasteiger partial charge in [-0.2, -0.15) is 0 Å². The van der Waals surface area contributed by atoms with Crippen LogP contribution in [0.1, 0.15) is 22.8 Å². The number of morpholine rings is 1. The Balaban J connectivity index is 1.58. The number of amides is 1. The normalized spacial score (nSPS) is 16.3. The number of benzene rings is 2. The molecule has 0 N–H and O–H groups in total. The van der Waals surface area contributed by atoms with Crippen LogP contribution in [0.3, 0.4) is 0 Å². The summed E-state index contributed by atoms with van der Waals surface area (Å²) in [7, 11) is 1.60. The molecule has 0 bridgehead atoms. The van der Waals surface area contributed by atoms with Crippen LogP contribution in [0.2, 0.25) is 5.02 Å². The van der Waals surface area contributed by atoms with Crippen molar-refractivity contribution in [1.29, 1.82) is 0 Å². The molecule has 1 saturated heterocycles. The first kappa shape index (κ1) is 22.6. The third-order valence-corrected chi connectivity index (χ3v) is 5.66. The maximum atomic E-state index is 12.8. The van der Waals surface area contributed by atoms with E-state index >= 15 is 0 Å². The second-order valence-corrected chi connectivity index (χ2v) is 8.28.